The first-order valence-corrected chi connectivity index (χ1v) is 22.5. The van der Waals surface area contributed by atoms with E-state index >= 15 is 0 Å². The molecule has 4 aromatic heterocycles. The van der Waals surface area contributed by atoms with Crippen molar-refractivity contribution in [3.8, 4) is 33.4 Å². The van der Waals surface area contributed by atoms with Gasteiger partial charge in [0.2, 0.25) is 0 Å². The first-order chi connectivity index (χ1) is 30.3. The Hall–Kier alpha value is -5.83. The summed E-state index contributed by atoms with van der Waals surface area (Å²) in [5.41, 5.74) is 11.0. The number of aromatic nitrogens is 6. The molecule has 4 atom stereocenters. The Morgan fingerprint density at radius 3 is 1.83 bits per heavy atom. The number of amides is 1. The fourth-order valence-electron chi connectivity index (χ4n) is 8.85. The molecule has 14 heteroatoms. The van der Waals surface area contributed by atoms with Gasteiger partial charge in [-0.1, -0.05) is 48.5 Å². The van der Waals surface area contributed by atoms with E-state index in [1.165, 1.54) is 5.69 Å². The SMILES string of the molecule is C[C@@H]1CN(C(=O)OC(C)(C)C)C[C@H](C)N1c1ccc(-c2cnc3c(Br)cnn3c2)cc1.C[C@@H]1CNC[C@H](C)N1c1ccc(-c2cnc3c(-c4cccc(CCO)c4)cnn3c2)cc1. The smallest absolute Gasteiger partial charge is 0.410 e. The second-order valence-corrected chi connectivity index (χ2v) is 18.6. The Morgan fingerprint density at radius 1 is 0.714 bits per heavy atom. The number of carbonyl (C=O) groups excluding carboxylic acids is 1. The predicted octanol–water partition coefficient (Wildman–Crippen LogP) is 8.78. The molecule has 13 nitrogen and oxygen atoms in total. The van der Waals surface area contributed by atoms with Crippen molar-refractivity contribution in [2.45, 2.75) is 84.7 Å². The second kappa shape index (κ2) is 18.5. The van der Waals surface area contributed by atoms with Crippen molar-refractivity contribution < 1.29 is 14.6 Å². The maximum atomic E-state index is 12.5. The topological polar surface area (TPSA) is 129 Å². The van der Waals surface area contributed by atoms with E-state index in [4.69, 9.17) is 9.72 Å². The number of fused-ring (bicyclic) bond motifs is 2. The first-order valence-electron chi connectivity index (χ1n) is 21.7. The summed E-state index contributed by atoms with van der Waals surface area (Å²) in [7, 11) is 0. The number of carbonyl (C=O) groups is 1. The quantitative estimate of drug-likeness (QED) is 0.160. The molecule has 2 fully saturated rings. The van der Waals surface area contributed by atoms with Crippen molar-refractivity contribution in [2.24, 2.45) is 0 Å². The number of rotatable bonds is 7. The normalized spacial score (nSPS) is 19.3. The highest BCUT2D eigenvalue weighted by molar-refractivity contribution is 9.10. The number of ether oxygens (including phenoxy) is 1. The minimum absolute atomic E-state index is 0.144. The molecular weight excluding hydrogens is 857 g/mol. The van der Waals surface area contributed by atoms with Crippen LogP contribution in [0.1, 0.15) is 54.0 Å². The van der Waals surface area contributed by atoms with Crippen LogP contribution in [0.25, 0.3) is 44.7 Å². The third kappa shape index (κ3) is 9.73. The van der Waals surface area contributed by atoms with Crippen LogP contribution in [0, 0.1) is 0 Å². The molecule has 1 amide bonds. The van der Waals surface area contributed by atoms with Gasteiger partial charge in [0.15, 0.2) is 11.3 Å². The molecule has 0 radical (unpaired) electrons. The number of piperazine rings is 2. The molecule has 0 bridgehead atoms. The summed E-state index contributed by atoms with van der Waals surface area (Å²) in [5.74, 6) is 0. The summed E-state index contributed by atoms with van der Waals surface area (Å²) < 4.78 is 10.1. The van der Waals surface area contributed by atoms with Crippen LogP contribution in [0.2, 0.25) is 0 Å². The van der Waals surface area contributed by atoms with Gasteiger partial charge < -0.3 is 29.9 Å². The summed E-state index contributed by atoms with van der Waals surface area (Å²) in [5, 5.41) is 21.6. The number of aliphatic hydroxyl groups excluding tert-OH is 1. The van der Waals surface area contributed by atoms with Gasteiger partial charge in [-0.25, -0.2) is 23.8 Å². The predicted molar refractivity (Wildman–Crippen MR) is 254 cm³/mol. The number of hydrogen-bond acceptors (Lipinski definition) is 10. The molecule has 0 spiro atoms. The Balaban J connectivity index is 0.000000173. The number of benzene rings is 3. The van der Waals surface area contributed by atoms with E-state index in [9.17, 15) is 9.90 Å². The zero-order chi connectivity index (χ0) is 44.4. The molecule has 2 saturated heterocycles. The van der Waals surface area contributed by atoms with E-state index in [1.807, 2.05) is 73.3 Å². The molecule has 9 rings (SSSR count). The van der Waals surface area contributed by atoms with Gasteiger partial charge in [-0.3, -0.25) is 0 Å². The highest BCUT2D eigenvalue weighted by Crippen LogP contribution is 2.31. The van der Waals surface area contributed by atoms with E-state index in [1.54, 1.807) is 10.7 Å². The Bertz CT molecular complexity index is 2650. The van der Waals surface area contributed by atoms with Gasteiger partial charge in [0.1, 0.15) is 5.60 Å². The fraction of sp³-hybridized carbons (Fsp3) is 0.367. The van der Waals surface area contributed by atoms with Gasteiger partial charge in [-0.05, 0) is 117 Å². The van der Waals surface area contributed by atoms with Gasteiger partial charge in [0.05, 0.1) is 16.9 Å². The second-order valence-electron chi connectivity index (χ2n) is 17.8. The first kappa shape index (κ1) is 43.8. The number of halogens is 1. The van der Waals surface area contributed by atoms with E-state index in [-0.39, 0.29) is 24.8 Å². The lowest BCUT2D eigenvalue weighted by atomic mass is 10.0. The van der Waals surface area contributed by atoms with Crippen LogP contribution in [-0.4, -0.2) is 108 Å². The van der Waals surface area contributed by atoms with Crippen LogP contribution >= 0.6 is 15.9 Å². The average Bonchev–Trinajstić information content (AvgIpc) is 3.86. The van der Waals surface area contributed by atoms with Crippen molar-refractivity contribution in [1.82, 2.24) is 39.4 Å². The van der Waals surface area contributed by atoms with Crippen molar-refractivity contribution >= 4 is 44.7 Å². The Labute approximate surface area is 377 Å². The lowest BCUT2D eigenvalue weighted by Gasteiger charge is -2.45. The summed E-state index contributed by atoms with van der Waals surface area (Å²) in [4.78, 5) is 28.4. The molecule has 3 aromatic carbocycles. The number of anilines is 2. The van der Waals surface area contributed by atoms with E-state index in [0.717, 1.165) is 73.5 Å². The lowest BCUT2D eigenvalue weighted by Crippen LogP contribution is -2.58. The van der Waals surface area contributed by atoms with E-state index in [0.29, 0.717) is 31.6 Å². The van der Waals surface area contributed by atoms with Crippen molar-refractivity contribution in [3.63, 3.8) is 0 Å². The molecule has 0 unspecified atom stereocenters. The van der Waals surface area contributed by atoms with E-state index in [2.05, 4.69) is 135 Å². The summed E-state index contributed by atoms with van der Waals surface area (Å²) in [6.45, 7) is 18.0. The number of aliphatic hydroxyl groups is 1. The van der Waals surface area contributed by atoms with Gasteiger partial charge in [-0.2, -0.15) is 10.2 Å². The zero-order valence-electron chi connectivity index (χ0n) is 37.1. The van der Waals surface area contributed by atoms with Crippen LogP contribution in [0.3, 0.4) is 0 Å². The molecule has 328 valence electrons. The van der Waals surface area contributed by atoms with Crippen LogP contribution in [0.15, 0.2) is 114 Å². The maximum Gasteiger partial charge on any atom is 0.410 e. The van der Waals surface area contributed by atoms with Gasteiger partial charge in [0, 0.05) is 110 Å². The molecule has 2 aliphatic rings. The standard InChI is InChI=1S/C26H29N5O.C23H28BrN5O2/c1-18-13-27-14-19(2)31(18)24-8-6-21(7-9-24)23-15-28-26-25(16-29-30(26)17-23)22-5-3-4-20(12-22)10-11-32;1-15-12-27(22(30)31-23(3,4)5)13-16(2)29(15)19-8-6-17(7-9-19)18-10-25-21-20(24)11-26-28(21)14-18/h3-9,12,15-19,27,32H,10-11,13-14H2,1-2H3;6-11,14-16H,12-13H2,1-5H3/t18-,19+;15-,16+. The van der Waals surface area contributed by atoms with Crippen molar-refractivity contribution in [1.29, 1.82) is 0 Å². The molecule has 63 heavy (non-hydrogen) atoms. The average molecular weight is 914 g/mol. The molecule has 0 aliphatic carbocycles. The monoisotopic (exact) mass is 912 g/mol. The van der Waals surface area contributed by atoms with Gasteiger partial charge >= 0.3 is 6.09 Å². The Morgan fingerprint density at radius 2 is 1.25 bits per heavy atom. The minimum atomic E-state index is -0.485. The summed E-state index contributed by atoms with van der Waals surface area (Å²) in [6.07, 6.45) is 11.8. The molecule has 2 aliphatic heterocycles. The molecular formula is C49H57BrN10O3. The third-order valence-corrected chi connectivity index (χ3v) is 12.3. The molecule has 6 heterocycles. The fourth-order valence-corrected chi connectivity index (χ4v) is 9.22. The largest absolute Gasteiger partial charge is 0.444 e. The molecule has 0 saturated carbocycles. The van der Waals surface area contributed by atoms with Crippen LogP contribution < -0.4 is 15.1 Å². The molecule has 7 aromatic rings. The van der Waals surface area contributed by atoms with Crippen LogP contribution in [-0.2, 0) is 11.2 Å². The summed E-state index contributed by atoms with van der Waals surface area (Å²) >= 11 is 3.46. The van der Waals surface area contributed by atoms with Gasteiger partial charge in [0.25, 0.3) is 0 Å². The lowest BCUT2D eigenvalue weighted by molar-refractivity contribution is 0.0193. The van der Waals surface area contributed by atoms with E-state index < -0.39 is 5.60 Å². The number of nitrogens with one attached hydrogen (secondary N) is 1. The zero-order valence-corrected chi connectivity index (χ0v) is 38.7. The van der Waals surface area contributed by atoms with Gasteiger partial charge in [-0.15, -0.1) is 0 Å². The number of hydrogen-bond donors (Lipinski definition) is 2. The van der Waals surface area contributed by atoms with Crippen LogP contribution in [0.4, 0.5) is 16.2 Å². The number of nitrogens with zero attached hydrogens (tertiary/aromatic N) is 9. The Kier molecular flexibility index (Phi) is 12.9. The third-order valence-electron chi connectivity index (χ3n) is 11.7. The summed E-state index contributed by atoms with van der Waals surface area (Å²) in [6, 6.07) is 26.7. The van der Waals surface area contributed by atoms with Crippen molar-refractivity contribution in [2.75, 3.05) is 42.6 Å². The maximum absolute atomic E-state index is 12.5. The molecule has 2 N–H and O–H groups in total. The van der Waals surface area contributed by atoms with Crippen molar-refractivity contribution in [3.05, 3.63) is 120 Å². The van der Waals surface area contributed by atoms with Crippen LogP contribution in [0.5, 0.6) is 0 Å². The highest BCUT2D eigenvalue weighted by atomic mass is 79.9. The minimum Gasteiger partial charge on any atom is -0.444 e. The highest BCUT2D eigenvalue weighted by Gasteiger charge is 2.34.